The van der Waals surface area contributed by atoms with Crippen molar-refractivity contribution in [3.05, 3.63) is 0 Å². The van der Waals surface area contributed by atoms with Crippen LogP contribution < -0.4 is 5.73 Å². The maximum Gasteiger partial charge on any atom is 0.129 e. The van der Waals surface area contributed by atoms with Gasteiger partial charge in [0.05, 0.1) is 0 Å². The minimum absolute atomic E-state index is 0.268. The number of nitrogens with two attached hydrogens (primary N) is 1. The van der Waals surface area contributed by atoms with E-state index in [1.807, 2.05) is 0 Å². The average Bonchev–Trinajstić information content (AvgIpc) is 1.87. The van der Waals surface area contributed by atoms with E-state index in [4.69, 9.17) is 5.73 Å². The van der Waals surface area contributed by atoms with Crippen LogP contribution in [0.4, 0.5) is 0 Å². The van der Waals surface area contributed by atoms with Crippen LogP contribution in [0, 0.1) is 11.8 Å². The predicted molar refractivity (Wildman–Crippen MR) is 47.3 cm³/mol. The fourth-order valence-corrected chi connectivity index (χ4v) is 1.11. The van der Waals surface area contributed by atoms with Crippen molar-refractivity contribution in [2.75, 3.05) is 6.54 Å². The Kier molecular flexibility index (Phi) is 5.12. The molecule has 0 aliphatic rings. The Labute approximate surface area is 69.2 Å². The highest BCUT2D eigenvalue weighted by atomic mass is 16.1. The normalized spacial score (nSPS) is 13.5. The molecule has 0 aliphatic heterocycles. The summed E-state index contributed by atoms with van der Waals surface area (Å²) in [7, 11) is 0. The Balaban J connectivity index is 3.61. The number of hydrogen-bond donors (Lipinski definition) is 1. The van der Waals surface area contributed by atoms with E-state index >= 15 is 0 Å². The van der Waals surface area contributed by atoms with Gasteiger partial charge in [0.1, 0.15) is 5.78 Å². The van der Waals surface area contributed by atoms with Gasteiger partial charge in [0.2, 0.25) is 0 Å². The zero-order chi connectivity index (χ0) is 8.85. The first-order valence-electron chi connectivity index (χ1n) is 4.27. The summed E-state index contributed by atoms with van der Waals surface area (Å²) in [6.45, 7) is 6.63. The lowest BCUT2D eigenvalue weighted by molar-refractivity contribution is -0.117. The van der Waals surface area contributed by atoms with Crippen molar-refractivity contribution in [1.82, 2.24) is 0 Å². The fraction of sp³-hybridized carbons (Fsp3) is 0.889. The molecule has 66 valence electrons. The lowest BCUT2D eigenvalue weighted by Crippen LogP contribution is -2.20. The van der Waals surface area contributed by atoms with Gasteiger partial charge in [0.15, 0.2) is 0 Å². The lowest BCUT2D eigenvalue weighted by atomic mass is 9.91. The largest absolute Gasteiger partial charge is 0.330 e. The van der Waals surface area contributed by atoms with Crippen molar-refractivity contribution in [2.24, 2.45) is 17.6 Å². The molecule has 0 bridgehead atoms. The van der Waals surface area contributed by atoms with Crippen molar-refractivity contribution in [1.29, 1.82) is 0 Å². The van der Waals surface area contributed by atoms with Crippen molar-refractivity contribution in [2.45, 2.75) is 33.6 Å². The molecule has 0 heterocycles. The summed E-state index contributed by atoms with van der Waals surface area (Å²) >= 11 is 0. The Bertz CT molecular complexity index is 121. The zero-order valence-corrected chi connectivity index (χ0v) is 7.76. The van der Waals surface area contributed by atoms with Gasteiger partial charge in [-0.1, -0.05) is 13.8 Å². The van der Waals surface area contributed by atoms with Gasteiger partial charge in [-0.3, -0.25) is 0 Å². The first-order valence-corrected chi connectivity index (χ1v) is 4.27. The van der Waals surface area contributed by atoms with E-state index in [-0.39, 0.29) is 5.78 Å². The molecule has 0 aromatic rings. The molecule has 2 N–H and O–H groups in total. The Hall–Kier alpha value is -0.370. The lowest BCUT2D eigenvalue weighted by Gasteiger charge is -2.17. The van der Waals surface area contributed by atoms with Gasteiger partial charge in [-0.2, -0.15) is 0 Å². The first-order chi connectivity index (χ1) is 5.07. The van der Waals surface area contributed by atoms with Gasteiger partial charge >= 0.3 is 0 Å². The van der Waals surface area contributed by atoms with E-state index in [1.54, 1.807) is 6.92 Å². The van der Waals surface area contributed by atoms with Crippen LogP contribution in [-0.4, -0.2) is 12.3 Å². The molecule has 0 saturated carbocycles. The fourth-order valence-electron chi connectivity index (χ4n) is 1.11. The van der Waals surface area contributed by atoms with Crippen LogP contribution in [0.5, 0.6) is 0 Å². The van der Waals surface area contributed by atoms with Crippen molar-refractivity contribution in [3.8, 4) is 0 Å². The summed E-state index contributed by atoms with van der Waals surface area (Å²) in [4.78, 5) is 10.6. The third kappa shape index (κ3) is 4.96. The molecule has 2 heteroatoms. The van der Waals surface area contributed by atoms with Crippen LogP contribution in [0.15, 0.2) is 0 Å². The van der Waals surface area contributed by atoms with Gasteiger partial charge in [-0.15, -0.1) is 0 Å². The standard InChI is InChI=1S/C9H19NO/c1-7(2)9(6-10)5-4-8(3)11/h7,9H,4-6,10H2,1-3H3. The highest BCUT2D eigenvalue weighted by Gasteiger charge is 2.11. The van der Waals surface area contributed by atoms with Crippen LogP contribution in [0.2, 0.25) is 0 Å². The van der Waals surface area contributed by atoms with E-state index in [0.29, 0.717) is 24.8 Å². The van der Waals surface area contributed by atoms with Crippen LogP contribution in [0.25, 0.3) is 0 Å². The third-order valence-electron chi connectivity index (χ3n) is 2.11. The molecule has 11 heavy (non-hydrogen) atoms. The second-order valence-corrected chi connectivity index (χ2v) is 3.48. The molecule has 0 saturated heterocycles. The van der Waals surface area contributed by atoms with Crippen LogP contribution in [0.3, 0.4) is 0 Å². The van der Waals surface area contributed by atoms with Gasteiger partial charge in [0, 0.05) is 6.42 Å². The van der Waals surface area contributed by atoms with Gasteiger partial charge in [-0.05, 0) is 31.7 Å². The van der Waals surface area contributed by atoms with E-state index < -0.39 is 0 Å². The summed E-state index contributed by atoms with van der Waals surface area (Å²) in [5.74, 6) is 1.38. The van der Waals surface area contributed by atoms with Crippen LogP contribution in [-0.2, 0) is 4.79 Å². The predicted octanol–water partition coefficient (Wildman–Crippen LogP) is 1.59. The van der Waals surface area contributed by atoms with Gasteiger partial charge < -0.3 is 10.5 Å². The minimum Gasteiger partial charge on any atom is -0.330 e. The molecule has 2 nitrogen and oxygen atoms in total. The molecular formula is C9H19NO. The van der Waals surface area contributed by atoms with Crippen molar-refractivity contribution < 1.29 is 4.79 Å². The molecule has 0 aromatic carbocycles. The summed E-state index contributed by atoms with van der Waals surface area (Å²) in [6.07, 6.45) is 1.63. The molecule has 0 spiro atoms. The monoisotopic (exact) mass is 157 g/mol. The number of rotatable bonds is 5. The van der Waals surface area contributed by atoms with Gasteiger partial charge in [-0.25, -0.2) is 0 Å². The quantitative estimate of drug-likeness (QED) is 0.658. The molecule has 0 radical (unpaired) electrons. The van der Waals surface area contributed by atoms with E-state index in [0.717, 1.165) is 6.42 Å². The summed E-state index contributed by atoms with van der Waals surface area (Å²) < 4.78 is 0. The van der Waals surface area contributed by atoms with E-state index in [2.05, 4.69) is 13.8 Å². The number of Topliss-reactive ketones (excluding diaryl/α,β-unsaturated/α-hetero) is 1. The summed E-state index contributed by atoms with van der Waals surface area (Å²) in [6, 6.07) is 0. The Morgan fingerprint density at radius 1 is 1.45 bits per heavy atom. The number of carbonyl (C=O) groups excluding carboxylic acids is 1. The molecule has 1 atom stereocenters. The van der Waals surface area contributed by atoms with Crippen molar-refractivity contribution >= 4 is 5.78 Å². The SMILES string of the molecule is CC(=O)CCC(CN)C(C)C. The van der Waals surface area contributed by atoms with Crippen LogP contribution >= 0.6 is 0 Å². The summed E-state index contributed by atoms with van der Waals surface area (Å²) in [5.41, 5.74) is 5.55. The number of ketones is 1. The van der Waals surface area contributed by atoms with Crippen molar-refractivity contribution in [3.63, 3.8) is 0 Å². The average molecular weight is 157 g/mol. The summed E-state index contributed by atoms with van der Waals surface area (Å²) in [5, 5.41) is 0. The van der Waals surface area contributed by atoms with Crippen LogP contribution in [0.1, 0.15) is 33.6 Å². The van der Waals surface area contributed by atoms with Gasteiger partial charge in [0.25, 0.3) is 0 Å². The molecule has 0 rings (SSSR count). The molecule has 0 amide bonds. The Morgan fingerprint density at radius 2 is 2.00 bits per heavy atom. The molecule has 0 fully saturated rings. The maximum atomic E-state index is 10.6. The molecule has 0 aliphatic carbocycles. The maximum absolute atomic E-state index is 10.6. The second-order valence-electron chi connectivity index (χ2n) is 3.48. The molecular weight excluding hydrogens is 138 g/mol. The highest BCUT2D eigenvalue weighted by molar-refractivity contribution is 5.75. The topological polar surface area (TPSA) is 43.1 Å². The van der Waals surface area contributed by atoms with E-state index in [1.165, 1.54) is 0 Å². The smallest absolute Gasteiger partial charge is 0.129 e. The zero-order valence-electron chi connectivity index (χ0n) is 7.76. The molecule has 0 aromatic heterocycles. The highest BCUT2D eigenvalue weighted by Crippen LogP contribution is 2.15. The Morgan fingerprint density at radius 3 is 2.27 bits per heavy atom. The minimum atomic E-state index is 0.268. The first kappa shape index (κ1) is 10.6. The number of carbonyl (C=O) groups is 1. The second kappa shape index (κ2) is 5.30. The molecule has 1 unspecified atom stereocenters. The number of hydrogen-bond acceptors (Lipinski definition) is 2. The van der Waals surface area contributed by atoms with E-state index in [9.17, 15) is 4.79 Å². The third-order valence-corrected chi connectivity index (χ3v) is 2.11.